The number of nitrogens with one attached hydrogen (secondary N) is 1. The van der Waals surface area contributed by atoms with Gasteiger partial charge in [-0.1, -0.05) is 42.1 Å². The van der Waals surface area contributed by atoms with E-state index in [0.717, 1.165) is 15.9 Å². The molecule has 0 aliphatic heterocycles. The molecule has 0 spiro atoms. The van der Waals surface area contributed by atoms with Gasteiger partial charge in [-0.2, -0.15) is 0 Å². The first-order valence-corrected chi connectivity index (χ1v) is 9.58. The van der Waals surface area contributed by atoms with Crippen molar-refractivity contribution < 1.29 is 19.2 Å². The first-order valence-electron chi connectivity index (χ1n) is 8.77. The third-order valence-electron chi connectivity index (χ3n) is 3.93. The topological polar surface area (TPSA) is 125 Å². The summed E-state index contributed by atoms with van der Waals surface area (Å²) in [6, 6.07) is 20.3. The van der Waals surface area contributed by atoms with Gasteiger partial charge in [0.2, 0.25) is 0 Å². The smallest absolute Gasteiger partial charge is 0.341 e. The van der Waals surface area contributed by atoms with Crippen molar-refractivity contribution in [3.05, 3.63) is 88.5 Å². The molecule has 0 aliphatic rings. The molecule has 0 atom stereocenters. The molecule has 0 bridgehead atoms. The minimum Gasteiger partial charge on any atom is -0.452 e. The third-order valence-corrected chi connectivity index (χ3v) is 5.02. The fourth-order valence-electron chi connectivity index (χ4n) is 2.50. The van der Waals surface area contributed by atoms with Crippen LogP contribution in [0.2, 0.25) is 0 Å². The van der Waals surface area contributed by atoms with Crippen LogP contribution >= 0.6 is 11.8 Å². The summed E-state index contributed by atoms with van der Waals surface area (Å²) in [5.74, 6) is -1.47. The van der Waals surface area contributed by atoms with Gasteiger partial charge in [0.25, 0.3) is 11.6 Å². The number of nitro groups is 1. The van der Waals surface area contributed by atoms with Gasteiger partial charge in [0.1, 0.15) is 0 Å². The Kier molecular flexibility index (Phi) is 6.66. The van der Waals surface area contributed by atoms with E-state index in [1.165, 1.54) is 23.9 Å². The number of ether oxygens (including phenoxy) is 1. The van der Waals surface area contributed by atoms with Crippen LogP contribution in [0.5, 0.6) is 0 Å². The number of non-ortho nitro benzene ring substituents is 1. The van der Waals surface area contributed by atoms with Crippen molar-refractivity contribution >= 4 is 40.7 Å². The number of carbonyl (C=O) groups is 2. The summed E-state index contributed by atoms with van der Waals surface area (Å²) in [5, 5.41) is 13.6. The quantitative estimate of drug-likeness (QED) is 0.253. The van der Waals surface area contributed by atoms with Crippen molar-refractivity contribution in [2.75, 3.05) is 17.7 Å². The molecule has 3 aromatic carbocycles. The Labute approximate surface area is 176 Å². The number of hydrogen-bond donors (Lipinski definition) is 2. The number of rotatable bonds is 7. The summed E-state index contributed by atoms with van der Waals surface area (Å²) in [7, 11) is 0. The van der Waals surface area contributed by atoms with Crippen molar-refractivity contribution in [3.8, 4) is 0 Å². The Morgan fingerprint density at radius 2 is 1.73 bits per heavy atom. The minimum absolute atomic E-state index is 0.0237. The second-order valence-electron chi connectivity index (χ2n) is 6.06. The van der Waals surface area contributed by atoms with Crippen LogP contribution < -0.4 is 11.1 Å². The average molecular weight is 423 g/mol. The van der Waals surface area contributed by atoms with E-state index in [1.54, 1.807) is 12.1 Å². The lowest BCUT2D eigenvalue weighted by atomic mass is 10.1. The molecule has 3 aromatic rings. The van der Waals surface area contributed by atoms with E-state index in [0.29, 0.717) is 5.69 Å². The zero-order valence-corrected chi connectivity index (χ0v) is 16.4. The van der Waals surface area contributed by atoms with Crippen LogP contribution in [0.1, 0.15) is 10.4 Å². The lowest BCUT2D eigenvalue weighted by molar-refractivity contribution is -0.384. The number of hydrogen-bond acceptors (Lipinski definition) is 7. The normalized spacial score (nSPS) is 10.3. The molecule has 0 fully saturated rings. The van der Waals surface area contributed by atoms with E-state index >= 15 is 0 Å². The molecule has 9 heteroatoms. The van der Waals surface area contributed by atoms with Crippen LogP contribution in [-0.2, 0) is 9.53 Å². The summed E-state index contributed by atoms with van der Waals surface area (Å²) >= 11 is 1.48. The van der Waals surface area contributed by atoms with Crippen LogP contribution in [0, 0.1) is 10.1 Å². The highest BCUT2D eigenvalue weighted by Crippen LogP contribution is 2.33. The summed E-state index contributed by atoms with van der Waals surface area (Å²) in [5.41, 5.74) is 5.81. The number of nitro benzene ring substituents is 1. The first kappa shape index (κ1) is 20.9. The van der Waals surface area contributed by atoms with Gasteiger partial charge < -0.3 is 15.8 Å². The maximum atomic E-state index is 12.3. The molecule has 0 radical (unpaired) electrons. The predicted octanol–water partition coefficient (Wildman–Crippen LogP) is 4.12. The van der Waals surface area contributed by atoms with Gasteiger partial charge in [-0.15, -0.1) is 0 Å². The maximum Gasteiger partial charge on any atom is 0.341 e. The molecule has 0 unspecified atom stereocenters. The average Bonchev–Trinajstić information content (AvgIpc) is 2.74. The fourth-order valence-corrected chi connectivity index (χ4v) is 3.43. The maximum absolute atomic E-state index is 12.3. The minimum atomic E-state index is -0.918. The van der Waals surface area contributed by atoms with Gasteiger partial charge in [-0.3, -0.25) is 14.9 Å². The number of para-hydroxylation sites is 1. The van der Waals surface area contributed by atoms with Crippen molar-refractivity contribution in [3.63, 3.8) is 0 Å². The molecule has 152 valence electrons. The zero-order valence-electron chi connectivity index (χ0n) is 15.6. The number of benzene rings is 3. The lowest BCUT2D eigenvalue weighted by Gasteiger charge is -2.11. The van der Waals surface area contributed by atoms with Gasteiger partial charge in [-0.05, 0) is 30.3 Å². The molecule has 0 aromatic heterocycles. The second kappa shape index (κ2) is 9.57. The van der Waals surface area contributed by atoms with Crippen LogP contribution in [0.3, 0.4) is 0 Å². The summed E-state index contributed by atoms with van der Waals surface area (Å²) < 4.78 is 4.98. The highest BCUT2D eigenvalue weighted by Gasteiger charge is 2.18. The van der Waals surface area contributed by atoms with Crippen molar-refractivity contribution in [1.82, 2.24) is 0 Å². The van der Waals surface area contributed by atoms with E-state index in [9.17, 15) is 19.7 Å². The van der Waals surface area contributed by atoms with Crippen molar-refractivity contribution in [1.29, 1.82) is 0 Å². The summed E-state index contributed by atoms with van der Waals surface area (Å²) in [4.78, 5) is 36.5. The number of carbonyl (C=O) groups excluding carboxylic acids is 2. The SMILES string of the molecule is Nc1ccc([N+](=O)[O-])cc1C(=O)OCC(=O)Nc1ccccc1Sc1ccccc1. The van der Waals surface area contributed by atoms with Gasteiger partial charge in [0, 0.05) is 27.6 Å². The second-order valence-corrected chi connectivity index (χ2v) is 7.18. The Morgan fingerprint density at radius 1 is 1.03 bits per heavy atom. The molecule has 0 aliphatic carbocycles. The highest BCUT2D eigenvalue weighted by molar-refractivity contribution is 7.99. The Bertz CT molecular complexity index is 1090. The van der Waals surface area contributed by atoms with Crippen molar-refractivity contribution in [2.24, 2.45) is 0 Å². The standard InChI is InChI=1S/C21H17N3O5S/c22-17-11-10-14(24(27)28)12-16(17)21(26)29-13-20(25)23-18-8-4-5-9-19(18)30-15-6-2-1-3-7-15/h1-12H,13,22H2,(H,23,25). The van der Waals surface area contributed by atoms with E-state index in [1.807, 2.05) is 42.5 Å². The Balaban J connectivity index is 1.64. The van der Waals surface area contributed by atoms with Crippen molar-refractivity contribution in [2.45, 2.75) is 9.79 Å². The molecule has 1 amide bonds. The molecule has 8 nitrogen and oxygen atoms in total. The molecule has 0 saturated heterocycles. The molecular formula is C21H17N3O5S. The summed E-state index contributed by atoms with van der Waals surface area (Å²) in [6.45, 7) is -0.564. The van der Waals surface area contributed by atoms with E-state index in [4.69, 9.17) is 10.5 Å². The third kappa shape index (κ3) is 5.36. The molecule has 3 rings (SSSR count). The fraction of sp³-hybridized carbons (Fsp3) is 0.0476. The Morgan fingerprint density at radius 3 is 2.47 bits per heavy atom. The molecule has 0 saturated carbocycles. The lowest BCUT2D eigenvalue weighted by Crippen LogP contribution is -2.21. The predicted molar refractivity (Wildman–Crippen MR) is 113 cm³/mol. The number of anilines is 2. The van der Waals surface area contributed by atoms with Crippen LogP contribution in [0.15, 0.2) is 82.6 Å². The van der Waals surface area contributed by atoms with E-state index in [-0.39, 0.29) is 16.9 Å². The van der Waals surface area contributed by atoms with E-state index in [2.05, 4.69) is 5.32 Å². The molecular weight excluding hydrogens is 406 g/mol. The van der Waals surface area contributed by atoms with Gasteiger partial charge in [-0.25, -0.2) is 4.79 Å². The van der Waals surface area contributed by atoms with E-state index < -0.39 is 23.4 Å². The van der Waals surface area contributed by atoms with Crippen LogP contribution in [0.4, 0.5) is 17.1 Å². The van der Waals surface area contributed by atoms with Crippen LogP contribution in [-0.4, -0.2) is 23.4 Å². The van der Waals surface area contributed by atoms with Crippen LogP contribution in [0.25, 0.3) is 0 Å². The summed E-state index contributed by atoms with van der Waals surface area (Å²) in [6.07, 6.45) is 0. The van der Waals surface area contributed by atoms with Gasteiger partial charge in [0.15, 0.2) is 6.61 Å². The zero-order chi connectivity index (χ0) is 21.5. The number of nitrogen functional groups attached to an aromatic ring is 1. The number of amides is 1. The monoisotopic (exact) mass is 423 g/mol. The first-order chi connectivity index (χ1) is 14.4. The molecule has 0 heterocycles. The van der Waals surface area contributed by atoms with Gasteiger partial charge >= 0.3 is 5.97 Å². The number of nitrogens with two attached hydrogens (primary N) is 1. The Hall–Kier alpha value is -3.85. The largest absolute Gasteiger partial charge is 0.452 e. The molecule has 3 N–H and O–H groups in total. The molecule has 30 heavy (non-hydrogen) atoms. The highest BCUT2D eigenvalue weighted by atomic mass is 32.2. The van der Waals surface area contributed by atoms with Gasteiger partial charge in [0.05, 0.1) is 16.2 Å². The number of esters is 1. The number of nitrogens with zero attached hydrogens (tertiary/aromatic N) is 1.